The molecule has 1 N–H and O–H groups in total. The molecule has 1 aliphatic rings. The number of nitrogens with one attached hydrogen (secondary N) is 1. The molecule has 6 heteroatoms. The van der Waals surface area contributed by atoms with E-state index in [2.05, 4.69) is 5.32 Å². The van der Waals surface area contributed by atoms with Gasteiger partial charge >= 0.3 is 5.97 Å². The second kappa shape index (κ2) is 6.47. The van der Waals surface area contributed by atoms with Crippen molar-refractivity contribution in [1.82, 2.24) is 5.32 Å². The van der Waals surface area contributed by atoms with Gasteiger partial charge in [-0.3, -0.25) is 9.59 Å². The van der Waals surface area contributed by atoms with Crippen LogP contribution in [0, 0.1) is 5.92 Å². The van der Waals surface area contributed by atoms with Gasteiger partial charge in [0.1, 0.15) is 0 Å². The number of carbonyl (C=O) groups excluding carboxylic acids is 2. The molecule has 0 bridgehead atoms. The van der Waals surface area contributed by atoms with Crippen molar-refractivity contribution in [3.8, 4) is 11.5 Å². The van der Waals surface area contributed by atoms with E-state index in [9.17, 15) is 9.59 Å². The second-order valence-electron chi connectivity index (χ2n) is 5.16. The quantitative estimate of drug-likeness (QED) is 0.837. The maximum absolute atomic E-state index is 12.0. The number of rotatable bonds is 5. The highest BCUT2D eigenvalue weighted by atomic mass is 16.7. The minimum Gasteiger partial charge on any atom is -0.463 e. The van der Waals surface area contributed by atoms with Crippen molar-refractivity contribution in [2.24, 2.45) is 5.92 Å². The largest absolute Gasteiger partial charge is 0.463 e. The molecule has 0 fully saturated rings. The maximum atomic E-state index is 12.0. The lowest BCUT2D eigenvalue weighted by atomic mass is 10.1. The third-order valence-electron chi connectivity index (χ3n) is 2.96. The van der Waals surface area contributed by atoms with E-state index < -0.39 is 5.92 Å². The van der Waals surface area contributed by atoms with Gasteiger partial charge in [-0.1, -0.05) is 6.92 Å². The Morgan fingerprint density at radius 3 is 2.67 bits per heavy atom. The highest BCUT2D eigenvalue weighted by Crippen LogP contribution is 2.32. The van der Waals surface area contributed by atoms with Crippen LogP contribution in [0.3, 0.4) is 0 Å². The number of hydrogen-bond donors (Lipinski definition) is 1. The van der Waals surface area contributed by atoms with Crippen molar-refractivity contribution < 1.29 is 23.8 Å². The standard InChI is InChI=1S/C15H19NO5/c1-9(2)21-15(18)10(3)7-16-14(17)11-4-5-12-13(6-11)20-8-19-12/h4-6,9-10H,7-8H2,1-3H3,(H,16,17)/t10-/m0/s1. The predicted octanol–water partition coefficient (Wildman–Crippen LogP) is 1.73. The first kappa shape index (κ1) is 15.2. The lowest BCUT2D eigenvalue weighted by molar-refractivity contribution is -0.151. The zero-order valence-corrected chi connectivity index (χ0v) is 12.3. The summed E-state index contributed by atoms with van der Waals surface area (Å²) < 4.78 is 15.5. The van der Waals surface area contributed by atoms with Crippen molar-refractivity contribution in [3.05, 3.63) is 23.8 Å². The Morgan fingerprint density at radius 1 is 1.24 bits per heavy atom. The van der Waals surface area contributed by atoms with Crippen LogP contribution in [-0.2, 0) is 9.53 Å². The van der Waals surface area contributed by atoms with Gasteiger partial charge in [0.05, 0.1) is 12.0 Å². The molecule has 1 aromatic rings. The van der Waals surface area contributed by atoms with Crippen LogP contribution >= 0.6 is 0 Å². The summed E-state index contributed by atoms with van der Waals surface area (Å²) in [7, 11) is 0. The first-order valence-corrected chi connectivity index (χ1v) is 6.85. The van der Waals surface area contributed by atoms with Crippen molar-refractivity contribution in [3.63, 3.8) is 0 Å². The average molecular weight is 293 g/mol. The minimum absolute atomic E-state index is 0.162. The summed E-state index contributed by atoms with van der Waals surface area (Å²) in [4.78, 5) is 23.7. The van der Waals surface area contributed by atoms with Crippen molar-refractivity contribution in [1.29, 1.82) is 0 Å². The van der Waals surface area contributed by atoms with Gasteiger partial charge < -0.3 is 19.5 Å². The van der Waals surface area contributed by atoms with Crippen LogP contribution in [0.2, 0.25) is 0 Å². The molecule has 1 aliphatic heterocycles. The molecular weight excluding hydrogens is 274 g/mol. The van der Waals surface area contributed by atoms with Gasteiger partial charge in [0.2, 0.25) is 6.79 Å². The topological polar surface area (TPSA) is 73.9 Å². The van der Waals surface area contributed by atoms with Crippen LogP contribution in [0.4, 0.5) is 0 Å². The molecule has 0 aliphatic carbocycles. The van der Waals surface area contributed by atoms with Gasteiger partial charge in [-0.2, -0.15) is 0 Å². The summed E-state index contributed by atoms with van der Waals surface area (Å²) in [5.74, 6) is 0.189. The zero-order chi connectivity index (χ0) is 15.4. The molecule has 0 spiro atoms. The van der Waals surface area contributed by atoms with E-state index in [0.717, 1.165) is 0 Å². The number of ether oxygens (including phenoxy) is 3. The Morgan fingerprint density at radius 2 is 1.95 bits per heavy atom. The molecule has 0 saturated carbocycles. The van der Waals surface area contributed by atoms with Gasteiger partial charge in [0, 0.05) is 12.1 Å². The number of amides is 1. The van der Waals surface area contributed by atoms with Gasteiger partial charge in [0.15, 0.2) is 11.5 Å². The molecule has 0 radical (unpaired) electrons. The summed E-state index contributed by atoms with van der Waals surface area (Å²) >= 11 is 0. The van der Waals surface area contributed by atoms with E-state index in [1.807, 2.05) is 0 Å². The molecule has 0 unspecified atom stereocenters. The number of benzene rings is 1. The van der Waals surface area contributed by atoms with E-state index in [4.69, 9.17) is 14.2 Å². The van der Waals surface area contributed by atoms with Crippen LogP contribution in [0.15, 0.2) is 18.2 Å². The van der Waals surface area contributed by atoms with Crippen molar-refractivity contribution in [2.45, 2.75) is 26.9 Å². The maximum Gasteiger partial charge on any atom is 0.310 e. The fraction of sp³-hybridized carbons (Fsp3) is 0.467. The Kier molecular flexibility index (Phi) is 4.67. The average Bonchev–Trinajstić information content (AvgIpc) is 2.90. The Balaban J connectivity index is 1.88. The van der Waals surface area contributed by atoms with E-state index in [1.54, 1.807) is 39.0 Å². The van der Waals surface area contributed by atoms with E-state index in [0.29, 0.717) is 17.1 Å². The summed E-state index contributed by atoms with van der Waals surface area (Å²) in [6.45, 7) is 5.67. The lowest BCUT2D eigenvalue weighted by Gasteiger charge is -2.14. The highest BCUT2D eigenvalue weighted by molar-refractivity contribution is 5.95. The summed E-state index contributed by atoms with van der Waals surface area (Å²) in [6.07, 6.45) is -0.162. The summed E-state index contributed by atoms with van der Waals surface area (Å²) in [5, 5.41) is 2.71. The molecule has 1 atom stereocenters. The highest BCUT2D eigenvalue weighted by Gasteiger charge is 2.19. The third kappa shape index (κ3) is 3.87. The molecule has 2 rings (SSSR count). The molecule has 114 valence electrons. The van der Waals surface area contributed by atoms with Crippen LogP contribution in [0.1, 0.15) is 31.1 Å². The fourth-order valence-electron chi connectivity index (χ4n) is 1.82. The molecule has 21 heavy (non-hydrogen) atoms. The fourth-order valence-corrected chi connectivity index (χ4v) is 1.82. The van der Waals surface area contributed by atoms with Gasteiger partial charge in [-0.05, 0) is 32.0 Å². The zero-order valence-electron chi connectivity index (χ0n) is 12.3. The van der Waals surface area contributed by atoms with Crippen molar-refractivity contribution >= 4 is 11.9 Å². The SMILES string of the molecule is CC(C)OC(=O)[C@@H](C)CNC(=O)c1ccc2c(c1)OCO2. The lowest BCUT2D eigenvalue weighted by Crippen LogP contribution is -2.33. The molecule has 6 nitrogen and oxygen atoms in total. The van der Waals surface area contributed by atoms with Crippen molar-refractivity contribution in [2.75, 3.05) is 13.3 Å². The molecule has 1 aromatic carbocycles. The number of carbonyl (C=O) groups is 2. The van der Waals surface area contributed by atoms with E-state index >= 15 is 0 Å². The number of esters is 1. The van der Waals surface area contributed by atoms with Crippen LogP contribution < -0.4 is 14.8 Å². The summed E-state index contributed by atoms with van der Waals surface area (Å²) in [6, 6.07) is 4.96. The number of hydrogen-bond acceptors (Lipinski definition) is 5. The molecule has 1 heterocycles. The van der Waals surface area contributed by atoms with E-state index in [-0.39, 0.29) is 31.3 Å². The van der Waals surface area contributed by atoms with Gasteiger partial charge in [-0.15, -0.1) is 0 Å². The monoisotopic (exact) mass is 293 g/mol. The van der Waals surface area contributed by atoms with Crippen LogP contribution in [-0.4, -0.2) is 31.3 Å². The third-order valence-corrected chi connectivity index (χ3v) is 2.96. The summed E-state index contributed by atoms with van der Waals surface area (Å²) in [5.41, 5.74) is 0.462. The Labute approximate surface area is 123 Å². The normalized spacial score (nSPS) is 13.9. The predicted molar refractivity (Wildman–Crippen MR) is 75.3 cm³/mol. The first-order valence-electron chi connectivity index (χ1n) is 6.85. The minimum atomic E-state index is -0.398. The Hall–Kier alpha value is -2.24. The van der Waals surface area contributed by atoms with E-state index in [1.165, 1.54) is 0 Å². The Bertz CT molecular complexity index is 541. The molecular formula is C15H19NO5. The van der Waals surface area contributed by atoms with Gasteiger partial charge in [-0.25, -0.2) is 0 Å². The molecule has 0 saturated heterocycles. The van der Waals surface area contributed by atoms with Crippen LogP contribution in [0.25, 0.3) is 0 Å². The number of fused-ring (bicyclic) bond motifs is 1. The smallest absolute Gasteiger partial charge is 0.310 e. The second-order valence-corrected chi connectivity index (χ2v) is 5.16. The van der Waals surface area contributed by atoms with Gasteiger partial charge in [0.25, 0.3) is 5.91 Å². The van der Waals surface area contributed by atoms with Crippen LogP contribution in [0.5, 0.6) is 11.5 Å². The molecule has 0 aromatic heterocycles. The molecule has 1 amide bonds. The first-order chi connectivity index (χ1) is 9.97.